The van der Waals surface area contributed by atoms with Gasteiger partial charge in [0.1, 0.15) is 5.82 Å². The van der Waals surface area contributed by atoms with Gasteiger partial charge in [-0.25, -0.2) is 4.39 Å². The Labute approximate surface area is 112 Å². The van der Waals surface area contributed by atoms with Crippen LogP contribution in [0.4, 0.5) is 4.39 Å². The monoisotopic (exact) mass is 304 g/mol. The fraction of sp³-hybridized carbons (Fsp3) is 0.0667. The van der Waals surface area contributed by atoms with Crippen LogP contribution >= 0.6 is 15.9 Å². The molecule has 1 nitrogen and oxygen atoms in total. The number of hydrogen-bond acceptors (Lipinski definition) is 1. The van der Waals surface area contributed by atoms with E-state index in [9.17, 15) is 4.39 Å². The minimum atomic E-state index is -0.193. The molecule has 0 N–H and O–H groups in total. The Balaban J connectivity index is 2.21. The summed E-state index contributed by atoms with van der Waals surface area (Å²) in [5, 5.41) is 1.56. The molecule has 1 aromatic heterocycles. The first-order valence-electron chi connectivity index (χ1n) is 5.60. The van der Waals surface area contributed by atoms with Gasteiger partial charge >= 0.3 is 0 Å². The predicted octanol–water partition coefficient (Wildman–Crippen LogP) is 5.06. The van der Waals surface area contributed by atoms with Crippen LogP contribution < -0.4 is 0 Å². The van der Waals surface area contributed by atoms with E-state index in [1.807, 2.05) is 30.3 Å². The molecular weight excluding hydrogens is 295 g/mol. The minimum absolute atomic E-state index is 0.00162. The lowest BCUT2D eigenvalue weighted by molar-refractivity contribution is 0.564. The quantitative estimate of drug-likeness (QED) is 0.603. The lowest BCUT2D eigenvalue weighted by Gasteiger charge is -2.12. The standard InChI is InChI=1S/C15H10BrFO/c16-15(10-7-8-18-9-10)13-5-6-14(17)12-4-2-1-3-11(12)13/h1-9,15H. The summed E-state index contributed by atoms with van der Waals surface area (Å²) < 4.78 is 18.8. The van der Waals surface area contributed by atoms with Gasteiger partial charge in [-0.3, -0.25) is 0 Å². The van der Waals surface area contributed by atoms with Crippen LogP contribution in [-0.2, 0) is 0 Å². The van der Waals surface area contributed by atoms with Gasteiger partial charge in [0.15, 0.2) is 0 Å². The predicted molar refractivity (Wildman–Crippen MR) is 73.4 cm³/mol. The van der Waals surface area contributed by atoms with E-state index < -0.39 is 0 Å². The van der Waals surface area contributed by atoms with E-state index in [4.69, 9.17) is 4.42 Å². The molecule has 0 fully saturated rings. The van der Waals surface area contributed by atoms with Crippen molar-refractivity contribution in [1.82, 2.24) is 0 Å². The van der Waals surface area contributed by atoms with Crippen LogP contribution in [0.25, 0.3) is 10.8 Å². The van der Waals surface area contributed by atoms with Gasteiger partial charge in [-0.1, -0.05) is 46.3 Å². The number of fused-ring (bicyclic) bond motifs is 1. The van der Waals surface area contributed by atoms with Crippen LogP contribution in [0.3, 0.4) is 0 Å². The topological polar surface area (TPSA) is 13.1 Å². The van der Waals surface area contributed by atoms with E-state index in [1.54, 1.807) is 18.6 Å². The Bertz CT molecular complexity index is 676. The molecule has 0 amide bonds. The molecule has 0 saturated carbocycles. The Morgan fingerprint density at radius 1 is 1.00 bits per heavy atom. The first-order valence-corrected chi connectivity index (χ1v) is 6.52. The molecule has 18 heavy (non-hydrogen) atoms. The maximum atomic E-state index is 13.7. The highest BCUT2D eigenvalue weighted by molar-refractivity contribution is 9.09. The Hall–Kier alpha value is -1.61. The number of rotatable bonds is 2. The summed E-state index contributed by atoms with van der Waals surface area (Å²) in [6.45, 7) is 0. The normalized spacial score (nSPS) is 12.8. The molecule has 0 bridgehead atoms. The zero-order valence-electron chi connectivity index (χ0n) is 9.44. The highest BCUT2D eigenvalue weighted by atomic mass is 79.9. The lowest BCUT2D eigenvalue weighted by atomic mass is 9.99. The molecule has 0 spiro atoms. The first-order chi connectivity index (χ1) is 8.77. The fourth-order valence-corrected chi connectivity index (χ4v) is 2.77. The van der Waals surface area contributed by atoms with Gasteiger partial charge in [0.2, 0.25) is 0 Å². The molecule has 0 saturated heterocycles. The number of furan rings is 1. The average Bonchev–Trinajstić information content (AvgIpc) is 2.93. The van der Waals surface area contributed by atoms with Crippen LogP contribution in [-0.4, -0.2) is 0 Å². The van der Waals surface area contributed by atoms with Crippen molar-refractivity contribution in [3.8, 4) is 0 Å². The highest BCUT2D eigenvalue weighted by Crippen LogP contribution is 2.36. The van der Waals surface area contributed by atoms with Crippen LogP contribution in [0, 0.1) is 5.82 Å². The Kier molecular flexibility index (Phi) is 2.92. The van der Waals surface area contributed by atoms with Gasteiger partial charge in [0, 0.05) is 10.9 Å². The zero-order valence-corrected chi connectivity index (χ0v) is 11.0. The fourth-order valence-electron chi connectivity index (χ4n) is 2.11. The molecular formula is C15H10BrFO. The second-order valence-electron chi connectivity index (χ2n) is 4.10. The summed E-state index contributed by atoms with van der Waals surface area (Å²) in [6, 6.07) is 12.7. The van der Waals surface area contributed by atoms with Gasteiger partial charge in [-0.15, -0.1) is 0 Å². The van der Waals surface area contributed by atoms with Crippen LogP contribution in [0.5, 0.6) is 0 Å². The van der Waals surface area contributed by atoms with Gasteiger partial charge < -0.3 is 4.42 Å². The number of hydrogen-bond donors (Lipinski definition) is 0. The average molecular weight is 305 g/mol. The maximum Gasteiger partial charge on any atom is 0.131 e. The molecule has 3 rings (SSSR count). The van der Waals surface area contributed by atoms with E-state index in [1.165, 1.54) is 6.07 Å². The van der Waals surface area contributed by atoms with Crippen LogP contribution in [0.15, 0.2) is 59.4 Å². The van der Waals surface area contributed by atoms with Crippen molar-refractivity contribution < 1.29 is 8.81 Å². The van der Waals surface area contributed by atoms with Crippen molar-refractivity contribution in [3.05, 3.63) is 71.9 Å². The molecule has 0 radical (unpaired) electrons. The zero-order chi connectivity index (χ0) is 12.5. The molecule has 3 heteroatoms. The molecule has 1 unspecified atom stereocenters. The highest BCUT2D eigenvalue weighted by Gasteiger charge is 2.15. The Morgan fingerprint density at radius 3 is 2.50 bits per heavy atom. The molecule has 0 aliphatic heterocycles. The van der Waals surface area contributed by atoms with Gasteiger partial charge in [0.25, 0.3) is 0 Å². The lowest BCUT2D eigenvalue weighted by Crippen LogP contribution is -1.93. The van der Waals surface area contributed by atoms with Gasteiger partial charge in [-0.05, 0) is 23.1 Å². The SMILES string of the molecule is Fc1ccc(C(Br)c2ccoc2)c2ccccc12. The molecule has 2 aromatic carbocycles. The van der Waals surface area contributed by atoms with Crippen molar-refractivity contribution in [3.63, 3.8) is 0 Å². The summed E-state index contributed by atoms with van der Waals surface area (Å²) in [4.78, 5) is 0.00162. The maximum absolute atomic E-state index is 13.7. The van der Waals surface area contributed by atoms with E-state index >= 15 is 0 Å². The third-order valence-corrected chi connectivity index (χ3v) is 4.04. The number of alkyl halides is 1. The largest absolute Gasteiger partial charge is 0.472 e. The summed E-state index contributed by atoms with van der Waals surface area (Å²) >= 11 is 3.64. The summed E-state index contributed by atoms with van der Waals surface area (Å²) in [5.74, 6) is -0.193. The molecule has 1 heterocycles. The van der Waals surface area contributed by atoms with Gasteiger partial charge in [0.05, 0.1) is 17.4 Å². The van der Waals surface area contributed by atoms with Gasteiger partial charge in [-0.2, -0.15) is 0 Å². The third-order valence-electron chi connectivity index (χ3n) is 3.01. The van der Waals surface area contributed by atoms with E-state index in [2.05, 4.69) is 15.9 Å². The number of benzene rings is 2. The van der Waals surface area contributed by atoms with E-state index in [0.29, 0.717) is 5.39 Å². The number of halogens is 2. The molecule has 90 valence electrons. The van der Waals surface area contributed by atoms with E-state index in [-0.39, 0.29) is 10.6 Å². The second kappa shape index (κ2) is 4.58. The first kappa shape index (κ1) is 11.5. The molecule has 3 aromatic rings. The van der Waals surface area contributed by atoms with Crippen molar-refractivity contribution in [1.29, 1.82) is 0 Å². The molecule has 0 aliphatic rings. The van der Waals surface area contributed by atoms with Crippen molar-refractivity contribution >= 4 is 26.7 Å². The summed E-state index contributed by atoms with van der Waals surface area (Å²) in [7, 11) is 0. The molecule has 0 aliphatic carbocycles. The molecule has 1 atom stereocenters. The summed E-state index contributed by atoms with van der Waals surface area (Å²) in [6.07, 6.45) is 3.33. The van der Waals surface area contributed by atoms with Crippen molar-refractivity contribution in [2.45, 2.75) is 4.83 Å². The minimum Gasteiger partial charge on any atom is -0.472 e. The Morgan fingerprint density at radius 2 is 1.78 bits per heavy atom. The van der Waals surface area contributed by atoms with E-state index in [0.717, 1.165) is 16.5 Å². The van der Waals surface area contributed by atoms with Crippen LogP contribution in [0.1, 0.15) is 16.0 Å². The van der Waals surface area contributed by atoms with Crippen LogP contribution in [0.2, 0.25) is 0 Å². The smallest absolute Gasteiger partial charge is 0.131 e. The second-order valence-corrected chi connectivity index (χ2v) is 5.02. The third kappa shape index (κ3) is 1.85. The summed E-state index contributed by atoms with van der Waals surface area (Å²) in [5.41, 5.74) is 2.06. The van der Waals surface area contributed by atoms with Crippen molar-refractivity contribution in [2.24, 2.45) is 0 Å². The van der Waals surface area contributed by atoms with Crippen molar-refractivity contribution in [2.75, 3.05) is 0 Å².